The number of anilines is 2. The molecule has 42 heavy (non-hydrogen) atoms. The van der Waals surface area contributed by atoms with Gasteiger partial charge in [-0.05, 0) is 43.1 Å². The molecular formula is C34H38N4O4. The van der Waals surface area contributed by atoms with Crippen LogP contribution in [-0.4, -0.2) is 65.7 Å². The lowest BCUT2D eigenvalue weighted by atomic mass is 9.99. The van der Waals surface area contributed by atoms with Crippen molar-refractivity contribution in [3.63, 3.8) is 0 Å². The molecule has 218 valence electrons. The summed E-state index contributed by atoms with van der Waals surface area (Å²) in [6.45, 7) is 5.51. The van der Waals surface area contributed by atoms with Crippen molar-refractivity contribution in [2.45, 2.75) is 32.5 Å². The van der Waals surface area contributed by atoms with Crippen LogP contribution in [0.3, 0.4) is 0 Å². The lowest BCUT2D eigenvalue weighted by Gasteiger charge is -2.38. The van der Waals surface area contributed by atoms with E-state index in [2.05, 4.69) is 34.6 Å². The van der Waals surface area contributed by atoms with Crippen LogP contribution in [0.4, 0.5) is 16.2 Å². The van der Waals surface area contributed by atoms with Gasteiger partial charge < -0.3 is 25.4 Å². The number of nitrogens with zero attached hydrogens (tertiary/aromatic N) is 2. The van der Waals surface area contributed by atoms with Gasteiger partial charge in [0.15, 0.2) is 5.75 Å². The molecule has 3 N–H and O–H groups in total. The van der Waals surface area contributed by atoms with Crippen LogP contribution in [0, 0.1) is 5.92 Å². The van der Waals surface area contributed by atoms with Gasteiger partial charge >= 0.3 is 6.03 Å². The highest BCUT2D eigenvalue weighted by Crippen LogP contribution is 2.35. The molecule has 0 aromatic heterocycles. The van der Waals surface area contributed by atoms with Gasteiger partial charge in [0, 0.05) is 30.9 Å². The Balaban J connectivity index is 1.44. The van der Waals surface area contributed by atoms with Crippen molar-refractivity contribution in [2.24, 2.45) is 5.92 Å². The number of carbonyl (C=O) groups excluding carboxylic acids is 2. The normalized spacial score (nSPS) is 17.6. The summed E-state index contributed by atoms with van der Waals surface area (Å²) in [6, 6.07) is 28.2. The molecule has 0 saturated heterocycles. The minimum absolute atomic E-state index is 0.0492. The van der Waals surface area contributed by atoms with E-state index in [1.165, 1.54) is 5.56 Å². The van der Waals surface area contributed by atoms with Crippen LogP contribution in [0.15, 0.2) is 91.0 Å². The second-order valence-corrected chi connectivity index (χ2v) is 11.1. The first-order valence-corrected chi connectivity index (χ1v) is 14.3. The van der Waals surface area contributed by atoms with Crippen molar-refractivity contribution < 1.29 is 19.4 Å². The van der Waals surface area contributed by atoms with Gasteiger partial charge in [0.25, 0.3) is 5.91 Å². The number of ether oxygens (including phenoxy) is 1. The lowest BCUT2D eigenvalue weighted by molar-refractivity contribution is 0.0343. The maximum Gasteiger partial charge on any atom is 0.323 e. The Kier molecular flexibility index (Phi) is 9.05. The highest BCUT2D eigenvalue weighted by atomic mass is 16.5. The van der Waals surface area contributed by atoms with Crippen molar-refractivity contribution in [3.8, 4) is 5.75 Å². The summed E-state index contributed by atoms with van der Waals surface area (Å²) in [5, 5.41) is 17.8. The second kappa shape index (κ2) is 13.1. The molecule has 4 aromatic rings. The van der Waals surface area contributed by atoms with Gasteiger partial charge in [-0.3, -0.25) is 9.69 Å². The Morgan fingerprint density at radius 3 is 2.43 bits per heavy atom. The minimum atomic E-state index is -0.441. The molecule has 4 aromatic carbocycles. The van der Waals surface area contributed by atoms with E-state index in [0.717, 1.165) is 17.3 Å². The molecule has 0 bridgehead atoms. The van der Waals surface area contributed by atoms with Gasteiger partial charge in [-0.15, -0.1) is 0 Å². The average molecular weight is 567 g/mol. The molecule has 3 atom stereocenters. The molecule has 1 heterocycles. The average Bonchev–Trinajstić information content (AvgIpc) is 2.99. The first-order chi connectivity index (χ1) is 20.3. The third-order valence-electron chi connectivity index (χ3n) is 7.76. The van der Waals surface area contributed by atoms with Gasteiger partial charge in [0.05, 0.1) is 29.6 Å². The molecule has 0 fully saturated rings. The lowest BCUT2D eigenvalue weighted by Crippen LogP contribution is -2.49. The smallest absolute Gasteiger partial charge is 0.323 e. The summed E-state index contributed by atoms with van der Waals surface area (Å²) in [7, 11) is 2.05. The second-order valence-electron chi connectivity index (χ2n) is 11.1. The number of urea groups is 1. The van der Waals surface area contributed by atoms with E-state index in [9.17, 15) is 14.7 Å². The molecule has 0 unspecified atom stereocenters. The van der Waals surface area contributed by atoms with Crippen molar-refractivity contribution in [3.05, 3.63) is 102 Å². The highest BCUT2D eigenvalue weighted by Gasteiger charge is 2.34. The fraction of sp³-hybridized carbons (Fsp3) is 0.294. The number of nitrogens with one attached hydrogen (secondary N) is 2. The third-order valence-corrected chi connectivity index (χ3v) is 7.76. The molecule has 0 saturated carbocycles. The Morgan fingerprint density at radius 2 is 1.64 bits per heavy atom. The molecule has 1 aliphatic rings. The number of benzene rings is 4. The SMILES string of the molecule is C[C@@H]1CN([C@@H](C)CO)C(=O)c2cccc(NC(=O)Nc3cccc4ccccc34)c2O[C@@H]1CN(C)Cc1ccccc1. The number of fused-ring (bicyclic) bond motifs is 2. The number of hydrogen-bond donors (Lipinski definition) is 3. The first-order valence-electron chi connectivity index (χ1n) is 14.3. The van der Waals surface area contributed by atoms with Gasteiger partial charge in [-0.2, -0.15) is 0 Å². The van der Waals surface area contributed by atoms with Crippen molar-refractivity contribution in [2.75, 3.05) is 37.4 Å². The fourth-order valence-corrected chi connectivity index (χ4v) is 5.44. The van der Waals surface area contributed by atoms with Crippen molar-refractivity contribution in [1.82, 2.24) is 9.80 Å². The standard InChI is InChI=1S/C34H38N4O4/c1-23-19-38(24(2)22-39)33(40)28-16-10-18-30(32(28)42-31(23)21-37(3)20-25-11-5-4-6-12-25)36-34(41)35-29-17-9-14-26-13-7-8-15-27(26)29/h4-18,23-24,31,39H,19-22H2,1-3H3,(H2,35,36,41)/t23-,24+,31-/m1/s1. The monoisotopic (exact) mass is 566 g/mol. The summed E-state index contributed by atoms with van der Waals surface area (Å²) in [5.41, 5.74) is 2.62. The maximum atomic E-state index is 13.8. The number of para-hydroxylation sites is 1. The van der Waals surface area contributed by atoms with E-state index >= 15 is 0 Å². The zero-order valence-corrected chi connectivity index (χ0v) is 24.3. The van der Waals surface area contributed by atoms with E-state index in [-0.39, 0.29) is 30.6 Å². The van der Waals surface area contributed by atoms with Gasteiger partial charge in [0.2, 0.25) is 0 Å². The predicted molar refractivity (Wildman–Crippen MR) is 167 cm³/mol. The fourth-order valence-electron chi connectivity index (χ4n) is 5.44. The summed E-state index contributed by atoms with van der Waals surface area (Å²) < 4.78 is 6.65. The van der Waals surface area contributed by atoms with E-state index < -0.39 is 6.03 Å². The molecule has 8 heteroatoms. The molecule has 3 amide bonds. The Hall–Kier alpha value is -4.40. The molecule has 0 radical (unpaired) electrons. The molecule has 1 aliphatic heterocycles. The first kappa shape index (κ1) is 29.1. The number of likely N-dealkylation sites (N-methyl/N-ethyl adjacent to an activating group) is 1. The molecular weight excluding hydrogens is 528 g/mol. The Labute approximate surface area is 246 Å². The van der Waals surface area contributed by atoms with Gasteiger partial charge in [0.1, 0.15) is 6.10 Å². The van der Waals surface area contributed by atoms with Crippen LogP contribution < -0.4 is 15.4 Å². The van der Waals surface area contributed by atoms with Crippen molar-refractivity contribution in [1.29, 1.82) is 0 Å². The number of carbonyl (C=O) groups is 2. The van der Waals surface area contributed by atoms with E-state index in [4.69, 9.17) is 4.74 Å². The third kappa shape index (κ3) is 6.56. The molecule has 5 rings (SSSR count). The van der Waals surface area contributed by atoms with Crippen molar-refractivity contribution >= 4 is 34.1 Å². The molecule has 0 spiro atoms. The Morgan fingerprint density at radius 1 is 0.976 bits per heavy atom. The van der Waals surface area contributed by atoms with Crippen LogP contribution in [0.5, 0.6) is 5.75 Å². The zero-order chi connectivity index (χ0) is 29.6. The van der Waals surface area contributed by atoms with Gasteiger partial charge in [-0.25, -0.2) is 4.79 Å². The number of hydrogen-bond acceptors (Lipinski definition) is 5. The van der Waals surface area contributed by atoms with Crippen LogP contribution >= 0.6 is 0 Å². The molecule has 0 aliphatic carbocycles. The maximum absolute atomic E-state index is 13.8. The number of aliphatic hydroxyl groups is 1. The van der Waals surface area contributed by atoms with E-state index in [1.807, 2.05) is 74.6 Å². The minimum Gasteiger partial charge on any atom is -0.486 e. The predicted octanol–water partition coefficient (Wildman–Crippen LogP) is 5.84. The topological polar surface area (TPSA) is 94.1 Å². The van der Waals surface area contributed by atoms with Crippen LogP contribution in [-0.2, 0) is 6.54 Å². The van der Waals surface area contributed by atoms with Crippen LogP contribution in [0.1, 0.15) is 29.8 Å². The quantitative estimate of drug-likeness (QED) is 0.249. The van der Waals surface area contributed by atoms with Crippen LogP contribution in [0.25, 0.3) is 10.8 Å². The molecule has 8 nitrogen and oxygen atoms in total. The summed E-state index contributed by atoms with van der Waals surface area (Å²) in [6.07, 6.45) is -0.289. The summed E-state index contributed by atoms with van der Waals surface area (Å²) >= 11 is 0. The van der Waals surface area contributed by atoms with E-state index in [0.29, 0.717) is 35.8 Å². The van der Waals surface area contributed by atoms with E-state index in [1.54, 1.807) is 23.1 Å². The Bertz CT molecular complexity index is 1540. The number of rotatable bonds is 8. The summed E-state index contributed by atoms with van der Waals surface area (Å²) in [4.78, 5) is 31.0. The van der Waals surface area contributed by atoms with Gasteiger partial charge in [-0.1, -0.05) is 79.7 Å². The number of aliphatic hydroxyl groups excluding tert-OH is 1. The van der Waals surface area contributed by atoms with Crippen LogP contribution in [0.2, 0.25) is 0 Å². The zero-order valence-electron chi connectivity index (χ0n) is 24.3. The number of amides is 3. The summed E-state index contributed by atoms with van der Waals surface area (Å²) in [5.74, 6) is 0.0369. The largest absolute Gasteiger partial charge is 0.486 e. The highest BCUT2D eigenvalue weighted by molar-refractivity contribution is 6.08.